The number of fused-ring (bicyclic) bond motifs is 2. The summed E-state index contributed by atoms with van der Waals surface area (Å²) in [6.45, 7) is 3.73. The highest BCUT2D eigenvalue weighted by Crippen LogP contribution is 2.34. The lowest BCUT2D eigenvalue weighted by atomic mass is 9.77. The van der Waals surface area contributed by atoms with Gasteiger partial charge in [0.05, 0.1) is 6.54 Å². The summed E-state index contributed by atoms with van der Waals surface area (Å²) in [5.74, 6) is 1.56. The summed E-state index contributed by atoms with van der Waals surface area (Å²) >= 11 is 0. The molecule has 1 heterocycles. The quantitative estimate of drug-likeness (QED) is 0.839. The molecule has 1 aliphatic carbocycles. The average Bonchev–Trinajstić information content (AvgIpc) is 2.26. The first-order valence-electron chi connectivity index (χ1n) is 6.95. The second kappa shape index (κ2) is 5.78. The number of nitrogens with zero attached hydrogens (tertiary/aromatic N) is 1. The SMILES string of the molecule is CC(CNCC(F)(F)F)N1CC2CCCC(C2)C1. The van der Waals surface area contributed by atoms with Crippen molar-refractivity contribution >= 4 is 0 Å². The van der Waals surface area contributed by atoms with Crippen LogP contribution in [0.15, 0.2) is 0 Å². The molecule has 0 radical (unpaired) electrons. The third-order valence-electron chi connectivity index (χ3n) is 4.27. The highest BCUT2D eigenvalue weighted by molar-refractivity contribution is 4.86. The minimum Gasteiger partial charge on any atom is -0.307 e. The van der Waals surface area contributed by atoms with Gasteiger partial charge >= 0.3 is 6.18 Å². The van der Waals surface area contributed by atoms with Crippen molar-refractivity contribution in [3.63, 3.8) is 0 Å². The Bertz CT molecular complexity index is 255. The number of piperidine rings is 1. The lowest BCUT2D eigenvalue weighted by molar-refractivity contribution is -0.125. The lowest BCUT2D eigenvalue weighted by Gasteiger charge is -2.44. The largest absolute Gasteiger partial charge is 0.401 e. The molecule has 1 saturated heterocycles. The zero-order valence-electron chi connectivity index (χ0n) is 11.0. The van der Waals surface area contributed by atoms with Crippen LogP contribution in [-0.2, 0) is 0 Å². The van der Waals surface area contributed by atoms with Crippen molar-refractivity contribution in [2.24, 2.45) is 11.8 Å². The summed E-state index contributed by atoms with van der Waals surface area (Å²) in [5, 5.41) is 2.52. The van der Waals surface area contributed by atoms with E-state index >= 15 is 0 Å². The molecule has 2 nitrogen and oxygen atoms in total. The number of alkyl halides is 3. The number of hydrogen-bond donors (Lipinski definition) is 1. The van der Waals surface area contributed by atoms with Crippen molar-refractivity contribution in [1.29, 1.82) is 0 Å². The van der Waals surface area contributed by atoms with Crippen LogP contribution in [-0.4, -0.2) is 43.3 Å². The molecule has 3 unspecified atom stereocenters. The summed E-state index contributed by atoms with van der Waals surface area (Å²) in [4.78, 5) is 2.38. The van der Waals surface area contributed by atoms with E-state index in [-0.39, 0.29) is 6.04 Å². The Labute approximate surface area is 107 Å². The van der Waals surface area contributed by atoms with Gasteiger partial charge in [0.1, 0.15) is 0 Å². The fourth-order valence-corrected chi connectivity index (χ4v) is 3.38. The Kier molecular flexibility index (Phi) is 4.54. The molecular formula is C13H23F3N2. The predicted octanol–water partition coefficient (Wildman–Crippen LogP) is 2.65. The van der Waals surface area contributed by atoms with Crippen LogP contribution in [0.4, 0.5) is 13.2 Å². The minimum absolute atomic E-state index is 0.204. The third kappa shape index (κ3) is 4.12. The van der Waals surface area contributed by atoms with E-state index in [1.807, 2.05) is 6.92 Å². The summed E-state index contributed by atoms with van der Waals surface area (Å²) in [5.41, 5.74) is 0. The molecule has 106 valence electrons. The van der Waals surface area contributed by atoms with Crippen molar-refractivity contribution in [3.8, 4) is 0 Å². The number of nitrogens with one attached hydrogen (secondary N) is 1. The molecule has 0 aromatic rings. The Morgan fingerprint density at radius 2 is 1.83 bits per heavy atom. The van der Waals surface area contributed by atoms with Crippen molar-refractivity contribution in [1.82, 2.24) is 10.2 Å². The van der Waals surface area contributed by atoms with Gasteiger partial charge in [-0.3, -0.25) is 4.90 Å². The summed E-state index contributed by atoms with van der Waals surface area (Å²) in [7, 11) is 0. The van der Waals surface area contributed by atoms with E-state index < -0.39 is 12.7 Å². The molecule has 3 atom stereocenters. The van der Waals surface area contributed by atoms with Crippen molar-refractivity contribution in [2.45, 2.75) is 44.8 Å². The van der Waals surface area contributed by atoms with Crippen LogP contribution in [0.1, 0.15) is 32.6 Å². The molecule has 2 rings (SSSR count). The second-order valence-corrected chi connectivity index (χ2v) is 5.95. The zero-order chi connectivity index (χ0) is 13.2. The Morgan fingerprint density at radius 1 is 1.22 bits per heavy atom. The van der Waals surface area contributed by atoms with E-state index in [1.54, 1.807) is 0 Å². The van der Waals surface area contributed by atoms with Gasteiger partial charge in [0.25, 0.3) is 0 Å². The summed E-state index contributed by atoms with van der Waals surface area (Å²) in [6, 6.07) is 0.204. The fourth-order valence-electron chi connectivity index (χ4n) is 3.38. The molecule has 5 heteroatoms. The first kappa shape index (κ1) is 14.1. The van der Waals surface area contributed by atoms with E-state index in [2.05, 4.69) is 10.2 Å². The van der Waals surface area contributed by atoms with Gasteiger partial charge in [-0.05, 0) is 38.0 Å². The van der Waals surface area contributed by atoms with Gasteiger partial charge < -0.3 is 5.32 Å². The van der Waals surface area contributed by atoms with Crippen molar-refractivity contribution in [2.75, 3.05) is 26.2 Å². The van der Waals surface area contributed by atoms with Crippen molar-refractivity contribution in [3.05, 3.63) is 0 Å². The van der Waals surface area contributed by atoms with Crippen LogP contribution in [0.25, 0.3) is 0 Å². The number of halogens is 3. The monoisotopic (exact) mass is 264 g/mol. The van der Waals surface area contributed by atoms with E-state index in [0.717, 1.165) is 24.9 Å². The first-order chi connectivity index (χ1) is 8.44. The smallest absolute Gasteiger partial charge is 0.307 e. The summed E-state index contributed by atoms with van der Waals surface area (Å²) < 4.78 is 36.2. The van der Waals surface area contributed by atoms with Crippen molar-refractivity contribution < 1.29 is 13.2 Å². The molecule has 0 aromatic carbocycles. The maximum absolute atomic E-state index is 12.1. The summed E-state index contributed by atoms with van der Waals surface area (Å²) in [6.07, 6.45) is 1.17. The Balaban J connectivity index is 1.73. The highest BCUT2D eigenvalue weighted by Gasteiger charge is 2.32. The Hall–Kier alpha value is -0.290. The molecule has 0 spiro atoms. The normalized spacial score (nSPS) is 31.3. The molecule has 2 bridgehead atoms. The zero-order valence-corrected chi connectivity index (χ0v) is 11.0. The predicted molar refractivity (Wildman–Crippen MR) is 65.4 cm³/mol. The maximum atomic E-state index is 12.1. The van der Waals surface area contributed by atoms with Crippen LogP contribution < -0.4 is 5.32 Å². The van der Waals surface area contributed by atoms with Crippen LogP contribution in [0.2, 0.25) is 0 Å². The maximum Gasteiger partial charge on any atom is 0.401 e. The fraction of sp³-hybridized carbons (Fsp3) is 1.00. The molecule has 18 heavy (non-hydrogen) atoms. The molecular weight excluding hydrogens is 241 g/mol. The van der Waals surface area contributed by atoms with Crippen LogP contribution >= 0.6 is 0 Å². The molecule has 0 aromatic heterocycles. The van der Waals surface area contributed by atoms with Crippen LogP contribution in [0.5, 0.6) is 0 Å². The molecule has 1 saturated carbocycles. The molecule has 2 aliphatic rings. The van der Waals surface area contributed by atoms with Gasteiger partial charge in [-0.25, -0.2) is 0 Å². The number of hydrogen-bond acceptors (Lipinski definition) is 2. The standard InChI is InChI=1S/C13H23F3N2/c1-10(6-17-9-13(14,15)16)18-7-11-3-2-4-12(5-11)8-18/h10-12,17H,2-9H2,1H3. The molecule has 0 amide bonds. The van der Waals surface area contributed by atoms with Gasteiger partial charge in [0, 0.05) is 25.7 Å². The van der Waals surface area contributed by atoms with E-state index in [4.69, 9.17) is 0 Å². The minimum atomic E-state index is -4.10. The molecule has 1 aliphatic heterocycles. The van der Waals surface area contributed by atoms with Gasteiger partial charge in [-0.1, -0.05) is 6.42 Å². The first-order valence-corrected chi connectivity index (χ1v) is 6.95. The van der Waals surface area contributed by atoms with Gasteiger partial charge in [0.2, 0.25) is 0 Å². The molecule has 2 fully saturated rings. The van der Waals surface area contributed by atoms with E-state index in [0.29, 0.717) is 6.54 Å². The topological polar surface area (TPSA) is 15.3 Å². The number of rotatable bonds is 4. The Morgan fingerprint density at radius 3 is 2.39 bits per heavy atom. The van der Waals surface area contributed by atoms with Crippen LogP contribution in [0, 0.1) is 11.8 Å². The number of likely N-dealkylation sites (tertiary alicyclic amines) is 1. The van der Waals surface area contributed by atoms with Crippen LogP contribution in [0.3, 0.4) is 0 Å². The van der Waals surface area contributed by atoms with Gasteiger partial charge in [-0.2, -0.15) is 13.2 Å². The second-order valence-electron chi connectivity index (χ2n) is 5.95. The average molecular weight is 264 g/mol. The van der Waals surface area contributed by atoms with Gasteiger partial charge in [-0.15, -0.1) is 0 Å². The highest BCUT2D eigenvalue weighted by atomic mass is 19.4. The molecule has 1 N–H and O–H groups in total. The van der Waals surface area contributed by atoms with E-state index in [1.165, 1.54) is 25.7 Å². The third-order valence-corrected chi connectivity index (χ3v) is 4.27. The van der Waals surface area contributed by atoms with E-state index in [9.17, 15) is 13.2 Å². The van der Waals surface area contributed by atoms with Gasteiger partial charge in [0.15, 0.2) is 0 Å². The lowest BCUT2D eigenvalue weighted by Crippen LogP contribution is -2.50.